The monoisotopic (exact) mass is 234 g/mol. The molecule has 0 aliphatic heterocycles. The maximum Gasteiger partial charge on any atom is 0.308 e. The number of tetrazole rings is 1. The Labute approximate surface area is 96.3 Å². The fraction of sp³-hybridized carbons (Fsp3) is 0.333. The standard InChI is InChI=1S/C9H10N6O2/c1-6(9(16)17)4-15-8(12-13-14-15)7-2-10-5-11-3-7/h2-3,5-6H,4H2,1H3,(H,16,17). The van der Waals surface area contributed by atoms with E-state index in [4.69, 9.17) is 5.11 Å². The van der Waals surface area contributed by atoms with Gasteiger partial charge in [0.05, 0.1) is 18.0 Å². The van der Waals surface area contributed by atoms with Crippen LogP contribution >= 0.6 is 0 Å². The van der Waals surface area contributed by atoms with Gasteiger partial charge in [0.15, 0.2) is 5.82 Å². The third-order valence-corrected chi connectivity index (χ3v) is 2.22. The number of rotatable bonds is 4. The van der Waals surface area contributed by atoms with Crippen molar-refractivity contribution in [3.63, 3.8) is 0 Å². The highest BCUT2D eigenvalue weighted by atomic mass is 16.4. The van der Waals surface area contributed by atoms with E-state index in [0.29, 0.717) is 11.4 Å². The van der Waals surface area contributed by atoms with Crippen molar-refractivity contribution in [1.82, 2.24) is 30.2 Å². The molecule has 2 aromatic rings. The van der Waals surface area contributed by atoms with Gasteiger partial charge in [-0.05, 0) is 10.4 Å². The van der Waals surface area contributed by atoms with E-state index < -0.39 is 11.9 Å². The highest BCUT2D eigenvalue weighted by Gasteiger charge is 2.16. The van der Waals surface area contributed by atoms with Crippen molar-refractivity contribution in [2.24, 2.45) is 5.92 Å². The summed E-state index contributed by atoms with van der Waals surface area (Å²) in [6.07, 6.45) is 4.54. The summed E-state index contributed by atoms with van der Waals surface area (Å²) in [6, 6.07) is 0. The summed E-state index contributed by atoms with van der Waals surface area (Å²) < 4.78 is 1.43. The Kier molecular flexibility index (Phi) is 3.03. The summed E-state index contributed by atoms with van der Waals surface area (Å²) in [5, 5.41) is 19.9. The predicted octanol–water partition coefficient (Wildman–Crippen LogP) is -0.149. The van der Waals surface area contributed by atoms with Crippen LogP contribution in [0.5, 0.6) is 0 Å². The van der Waals surface area contributed by atoms with E-state index in [1.165, 1.54) is 11.0 Å². The van der Waals surface area contributed by atoms with Crippen molar-refractivity contribution in [3.8, 4) is 11.4 Å². The van der Waals surface area contributed by atoms with E-state index in [-0.39, 0.29) is 6.54 Å². The molecule has 0 saturated carbocycles. The smallest absolute Gasteiger partial charge is 0.308 e. The number of carboxylic acid groups (broad SMARTS) is 1. The van der Waals surface area contributed by atoms with Gasteiger partial charge >= 0.3 is 5.97 Å². The number of hydrogen-bond donors (Lipinski definition) is 1. The van der Waals surface area contributed by atoms with Crippen LogP contribution in [-0.2, 0) is 11.3 Å². The Morgan fingerprint density at radius 1 is 1.47 bits per heavy atom. The van der Waals surface area contributed by atoms with Crippen molar-refractivity contribution in [1.29, 1.82) is 0 Å². The molecule has 17 heavy (non-hydrogen) atoms. The third-order valence-electron chi connectivity index (χ3n) is 2.22. The molecule has 1 atom stereocenters. The van der Waals surface area contributed by atoms with Gasteiger partial charge in [0.2, 0.25) is 0 Å². The lowest BCUT2D eigenvalue weighted by Gasteiger charge is -2.07. The molecule has 2 heterocycles. The molecule has 0 aliphatic carbocycles. The molecule has 8 heteroatoms. The zero-order valence-electron chi connectivity index (χ0n) is 9.06. The molecule has 0 fully saturated rings. The van der Waals surface area contributed by atoms with Gasteiger partial charge in [0.1, 0.15) is 6.33 Å². The molecular formula is C9H10N6O2. The molecule has 1 unspecified atom stereocenters. The molecule has 2 rings (SSSR count). The van der Waals surface area contributed by atoms with Crippen LogP contribution in [0.15, 0.2) is 18.7 Å². The molecule has 0 radical (unpaired) electrons. The average molecular weight is 234 g/mol. The number of nitrogens with zero attached hydrogens (tertiary/aromatic N) is 6. The average Bonchev–Trinajstić information content (AvgIpc) is 2.78. The van der Waals surface area contributed by atoms with Crippen molar-refractivity contribution in [3.05, 3.63) is 18.7 Å². The molecule has 0 bridgehead atoms. The fourth-order valence-electron chi connectivity index (χ4n) is 1.29. The lowest BCUT2D eigenvalue weighted by Crippen LogP contribution is -2.18. The van der Waals surface area contributed by atoms with Crippen LogP contribution in [0.25, 0.3) is 11.4 Å². The number of carboxylic acids is 1. The highest BCUT2D eigenvalue weighted by Crippen LogP contribution is 2.13. The quantitative estimate of drug-likeness (QED) is 0.783. The number of hydrogen-bond acceptors (Lipinski definition) is 6. The largest absolute Gasteiger partial charge is 0.481 e. The van der Waals surface area contributed by atoms with Gasteiger partial charge in [0, 0.05) is 12.4 Å². The van der Waals surface area contributed by atoms with Gasteiger partial charge in [-0.25, -0.2) is 14.6 Å². The van der Waals surface area contributed by atoms with E-state index in [9.17, 15) is 4.79 Å². The minimum atomic E-state index is -0.893. The molecule has 1 N–H and O–H groups in total. The normalized spacial score (nSPS) is 12.3. The first-order chi connectivity index (χ1) is 8.18. The van der Waals surface area contributed by atoms with E-state index in [1.807, 2.05) is 0 Å². The SMILES string of the molecule is CC(Cn1nnnc1-c1cncnc1)C(=O)O. The van der Waals surface area contributed by atoms with Crippen LogP contribution in [0.1, 0.15) is 6.92 Å². The first-order valence-corrected chi connectivity index (χ1v) is 4.93. The zero-order valence-corrected chi connectivity index (χ0v) is 9.06. The molecule has 0 aromatic carbocycles. The van der Waals surface area contributed by atoms with E-state index >= 15 is 0 Å². The first-order valence-electron chi connectivity index (χ1n) is 4.93. The lowest BCUT2D eigenvalue weighted by molar-refractivity contribution is -0.141. The molecule has 0 aliphatic rings. The van der Waals surface area contributed by atoms with Crippen molar-refractivity contribution >= 4 is 5.97 Å². The maximum absolute atomic E-state index is 10.8. The third kappa shape index (κ3) is 2.41. The van der Waals surface area contributed by atoms with Crippen molar-refractivity contribution in [2.75, 3.05) is 0 Å². The van der Waals surface area contributed by atoms with Gasteiger partial charge in [-0.1, -0.05) is 6.92 Å². The highest BCUT2D eigenvalue weighted by molar-refractivity contribution is 5.69. The van der Waals surface area contributed by atoms with Gasteiger partial charge in [-0.15, -0.1) is 5.10 Å². The second-order valence-corrected chi connectivity index (χ2v) is 3.55. The van der Waals surface area contributed by atoms with E-state index in [0.717, 1.165) is 0 Å². The number of aromatic nitrogens is 6. The van der Waals surface area contributed by atoms with Gasteiger partial charge in [-0.2, -0.15) is 0 Å². The summed E-state index contributed by atoms with van der Waals surface area (Å²) in [5.74, 6) is -1.00. The number of carbonyl (C=O) groups is 1. The Balaban J connectivity index is 2.26. The predicted molar refractivity (Wildman–Crippen MR) is 55.6 cm³/mol. The summed E-state index contributed by atoms with van der Waals surface area (Å²) in [7, 11) is 0. The van der Waals surface area contributed by atoms with E-state index in [2.05, 4.69) is 25.5 Å². The van der Waals surface area contributed by atoms with Gasteiger partial charge in [-0.3, -0.25) is 4.79 Å². The maximum atomic E-state index is 10.8. The fourth-order valence-corrected chi connectivity index (χ4v) is 1.29. The second-order valence-electron chi connectivity index (χ2n) is 3.55. The molecule has 0 saturated heterocycles. The van der Waals surface area contributed by atoms with Gasteiger partial charge < -0.3 is 5.11 Å². The lowest BCUT2D eigenvalue weighted by atomic mass is 10.2. The molecule has 2 aromatic heterocycles. The molecule has 0 amide bonds. The first kappa shape index (κ1) is 11.1. The topological polar surface area (TPSA) is 107 Å². The van der Waals surface area contributed by atoms with Crippen LogP contribution < -0.4 is 0 Å². The Morgan fingerprint density at radius 2 is 2.18 bits per heavy atom. The molecule has 0 spiro atoms. The Morgan fingerprint density at radius 3 is 2.82 bits per heavy atom. The van der Waals surface area contributed by atoms with Gasteiger partial charge in [0.25, 0.3) is 0 Å². The van der Waals surface area contributed by atoms with Crippen molar-refractivity contribution in [2.45, 2.75) is 13.5 Å². The van der Waals surface area contributed by atoms with Crippen molar-refractivity contribution < 1.29 is 9.90 Å². The zero-order chi connectivity index (χ0) is 12.3. The van der Waals surface area contributed by atoms with E-state index in [1.54, 1.807) is 19.3 Å². The summed E-state index contributed by atoms with van der Waals surface area (Å²) in [6.45, 7) is 1.79. The van der Waals surface area contributed by atoms with Crippen LogP contribution in [0, 0.1) is 5.92 Å². The van der Waals surface area contributed by atoms with Crippen LogP contribution in [-0.4, -0.2) is 41.3 Å². The van der Waals surface area contributed by atoms with Crippen LogP contribution in [0.4, 0.5) is 0 Å². The van der Waals surface area contributed by atoms with Crippen LogP contribution in [0.2, 0.25) is 0 Å². The number of aliphatic carboxylic acids is 1. The van der Waals surface area contributed by atoms with Crippen LogP contribution in [0.3, 0.4) is 0 Å². The molecule has 8 nitrogen and oxygen atoms in total. The summed E-state index contributed by atoms with van der Waals surface area (Å²) in [4.78, 5) is 18.5. The Hall–Kier alpha value is -2.38. The summed E-state index contributed by atoms with van der Waals surface area (Å²) >= 11 is 0. The minimum absolute atomic E-state index is 0.201. The molecular weight excluding hydrogens is 224 g/mol. The Bertz CT molecular complexity index is 511. The summed E-state index contributed by atoms with van der Waals surface area (Å²) in [5.41, 5.74) is 0.648. The second kappa shape index (κ2) is 4.64. The molecule has 88 valence electrons. The minimum Gasteiger partial charge on any atom is -0.481 e.